The highest BCUT2D eigenvalue weighted by Crippen LogP contribution is 2.44. The van der Waals surface area contributed by atoms with E-state index in [1.807, 2.05) is 0 Å². The van der Waals surface area contributed by atoms with E-state index in [1.54, 1.807) is 0 Å². The minimum absolute atomic E-state index is 0.279. The van der Waals surface area contributed by atoms with Gasteiger partial charge < -0.3 is 9.80 Å². The molecule has 22 heavy (non-hydrogen) atoms. The normalized spacial score (nSPS) is 17.1. The van der Waals surface area contributed by atoms with E-state index in [4.69, 9.17) is 0 Å². The molecule has 0 saturated carbocycles. The summed E-state index contributed by atoms with van der Waals surface area (Å²) in [5.41, 5.74) is 5.20. The quantitative estimate of drug-likeness (QED) is 0.616. The third-order valence-electron chi connectivity index (χ3n) is 4.81. The van der Waals surface area contributed by atoms with Crippen molar-refractivity contribution in [2.45, 2.75) is 20.0 Å². The van der Waals surface area contributed by atoms with Crippen LogP contribution in [-0.4, -0.2) is 13.2 Å². The Hall–Kier alpha value is -2.48. The average molecular weight is 288 g/mol. The van der Waals surface area contributed by atoms with Crippen LogP contribution in [0.5, 0.6) is 0 Å². The second-order valence-electron chi connectivity index (χ2n) is 6.05. The molecule has 110 valence electrons. The number of para-hydroxylation sites is 1. The first kappa shape index (κ1) is 13.2. The summed E-state index contributed by atoms with van der Waals surface area (Å²) in [4.78, 5) is 4.81. The molecule has 2 heteroatoms. The number of anilines is 3. The molecule has 0 N–H and O–H groups in total. The number of rotatable bonds is 1. The van der Waals surface area contributed by atoms with Crippen molar-refractivity contribution in [3.05, 3.63) is 66.2 Å². The van der Waals surface area contributed by atoms with Gasteiger partial charge in [0.15, 0.2) is 0 Å². The van der Waals surface area contributed by atoms with Gasteiger partial charge in [0.1, 0.15) is 6.17 Å². The topological polar surface area (TPSA) is 6.48 Å². The lowest BCUT2D eigenvalue weighted by Gasteiger charge is -2.44. The molecule has 0 aliphatic carbocycles. The van der Waals surface area contributed by atoms with Crippen LogP contribution < -0.4 is 9.80 Å². The Kier molecular flexibility index (Phi) is 2.86. The average Bonchev–Trinajstić information content (AvgIpc) is 2.54. The van der Waals surface area contributed by atoms with E-state index < -0.39 is 0 Å². The van der Waals surface area contributed by atoms with Crippen LogP contribution in [0, 0.1) is 6.92 Å². The van der Waals surface area contributed by atoms with Crippen LogP contribution in [0.1, 0.15) is 12.5 Å². The van der Waals surface area contributed by atoms with Gasteiger partial charge in [-0.05, 0) is 43.0 Å². The van der Waals surface area contributed by atoms with Crippen LogP contribution in [0.4, 0.5) is 17.1 Å². The van der Waals surface area contributed by atoms with Crippen LogP contribution in [0.15, 0.2) is 60.7 Å². The molecule has 3 aromatic rings. The fourth-order valence-electron chi connectivity index (χ4n) is 3.54. The standard InChI is InChI=1S/C20H20N2/c1-14-8-4-5-11-17(14)22-15(2)21(3)18-12-6-9-16-10-7-13-19(22)20(16)18/h4-13,15H,1-3H3/t15-/m0/s1. The monoisotopic (exact) mass is 288 g/mol. The van der Waals surface area contributed by atoms with Crippen molar-refractivity contribution in [2.75, 3.05) is 16.8 Å². The zero-order chi connectivity index (χ0) is 15.3. The van der Waals surface area contributed by atoms with E-state index in [-0.39, 0.29) is 6.17 Å². The van der Waals surface area contributed by atoms with Crippen molar-refractivity contribution in [3.63, 3.8) is 0 Å². The van der Waals surface area contributed by atoms with Gasteiger partial charge in [0.2, 0.25) is 0 Å². The number of hydrogen-bond donors (Lipinski definition) is 0. The zero-order valence-electron chi connectivity index (χ0n) is 13.2. The molecule has 0 spiro atoms. The summed E-state index contributed by atoms with van der Waals surface area (Å²) in [5.74, 6) is 0. The van der Waals surface area contributed by atoms with Gasteiger partial charge in [0, 0.05) is 23.8 Å². The van der Waals surface area contributed by atoms with Crippen LogP contribution >= 0.6 is 0 Å². The van der Waals surface area contributed by atoms with Gasteiger partial charge in [-0.25, -0.2) is 0 Å². The molecule has 1 heterocycles. The van der Waals surface area contributed by atoms with E-state index in [0.717, 1.165) is 0 Å². The van der Waals surface area contributed by atoms with Gasteiger partial charge in [0.05, 0.1) is 5.69 Å². The zero-order valence-corrected chi connectivity index (χ0v) is 13.2. The van der Waals surface area contributed by atoms with Crippen LogP contribution in [-0.2, 0) is 0 Å². The molecule has 0 bridgehead atoms. The summed E-state index contributed by atoms with van der Waals surface area (Å²) in [6, 6.07) is 21.8. The SMILES string of the molecule is Cc1ccccc1N1c2cccc3cccc(c23)N(C)[C@@H]1C. The van der Waals surface area contributed by atoms with E-state index in [9.17, 15) is 0 Å². The lowest BCUT2D eigenvalue weighted by Crippen LogP contribution is -2.45. The Morgan fingerprint density at radius 3 is 2.14 bits per heavy atom. The summed E-state index contributed by atoms with van der Waals surface area (Å²) in [7, 11) is 2.18. The van der Waals surface area contributed by atoms with Gasteiger partial charge >= 0.3 is 0 Å². The molecule has 0 amide bonds. The predicted molar refractivity (Wildman–Crippen MR) is 95.1 cm³/mol. The maximum atomic E-state index is 2.45. The minimum atomic E-state index is 0.279. The number of aryl methyl sites for hydroxylation is 1. The number of benzene rings is 3. The molecule has 1 aliphatic rings. The highest BCUT2D eigenvalue weighted by molar-refractivity contribution is 6.07. The second kappa shape index (κ2) is 4.77. The minimum Gasteiger partial charge on any atom is -0.354 e. The number of nitrogens with zero attached hydrogens (tertiary/aromatic N) is 2. The number of hydrogen-bond acceptors (Lipinski definition) is 2. The van der Waals surface area contributed by atoms with Gasteiger partial charge in [-0.1, -0.05) is 42.5 Å². The van der Waals surface area contributed by atoms with E-state index >= 15 is 0 Å². The highest BCUT2D eigenvalue weighted by atomic mass is 15.4. The fourth-order valence-corrected chi connectivity index (χ4v) is 3.54. The Labute approximate surface area is 131 Å². The fraction of sp³-hybridized carbons (Fsp3) is 0.200. The van der Waals surface area contributed by atoms with Gasteiger partial charge in [-0.2, -0.15) is 0 Å². The van der Waals surface area contributed by atoms with Crippen LogP contribution in [0.25, 0.3) is 10.8 Å². The molecule has 2 nitrogen and oxygen atoms in total. The molecule has 0 radical (unpaired) electrons. The first-order valence-corrected chi connectivity index (χ1v) is 7.78. The van der Waals surface area contributed by atoms with Crippen LogP contribution in [0.2, 0.25) is 0 Å². The van der Waals surface area contributed by atoms with Crippen molar-refractivity contribution in [1.82, 2.24) is 0 Å². The van der Waals surface area contributed by atoms with E-state index in [0.29, 0.717) is 0 Å². The lowest BCUT2D eigenvalue weighted by atomic mass is 10.0. The maximum absolute atomic E-state index is 2.45. The molecule has 1 aliphatic heterocycles. The molecule has 0 fully saturated rings. The van der Waals surface area contributed by atoms with E-state index in [1.165, 1.54) is 33.4 Å². The van der Waals surface area contributed by atoms with Crippen molar-refractivity contribution in [3.8, 4) is 0 Å². The Bertz CT molecular complexity index is 848. The largest absolute Gasteiger partial charge is 0.354 e. The first-order chi connectivity index (χ1) is 10.7. The first-order valence-electron chi connectivity index (χ1n) is 7.78. The van der Waals surface area contributed by atoms with Crippen molar-refractivity contribution >= 4 is 27.8 Å². The van der Waals surface area contributed by atoms with Crippen LogP contribution in [0.3, 0.4) is 0 Å². The molecule has 4 rings (SSSR count). The Morgan fingerprint density at radius 2 is 1.41 bits per heavy atom. The maximum Gasteiger partial charge on any atom is 0.103 e. The van der Waals surface area contributed by atoms with Crippen molar-refractivity contribution in [2.24, 2.45) is 0 Å². The molecular weight excluding hydrogens is 268 g/mol. The Balaban J connectivity index is 2.06. The molecule has 0 saturated heterocycles. The lowest BCUT2D eigenvalue weighted by molar-refractivity contribution is 0.687. The third kappa shape index (κ3) is 1.73. The second-order valence-corrected chi connectivity index (χ2v) is 6.05. The summed E-state index contributed by atoms with van der Waals surface area (Å²) >= 11 is 0. The van der Waals surface area contributed by atoms with Gasteiger partial charge in [0.25, 0.3) is 0 Å². The molecule has 1 atom stereocenters. The van der Waals surface area contributed by atoms with E-state index in [2.05, 4.69) is 91.4 Å². The summed E-state index contributed by atoms with van der Waals surface area (Å²) in [6.45, 7) is 4.45. The van der Waals surface area contributed by atoms with Gasteiger partial charge in [-0.15, -0.1) is 0 Å². The molecular formula is C20H20N2. The Morgan fingerprint density at radius 1 is 0.773 bits per heavy atom. The molecule has 0 aromatic heterocycles. The third-order valence-corrected chi connectivity index (χ3v) is 4.81. The smallest absolute Gasteiger partial charge is 0.103 e. The molecule has 0 unspecified atom stereocenters. The van der Waals surface area contributed by atoms with Crippen molar-refractivity contribution in [1.29, 1.82) is 0 Å². The summed E-state index contributed by atoms with van der Waals surface area (Å²) < 4.78 is 0. The highest BCUT2D eigenvalue weighted by Gasteiger charge is 2.29. The van der Waals surface area contributed by atoms with Crippen molar-refractivity contribution < 1.29 is 0 Å². The van der Waals surface area contributed by atoms with Gasteiger partial charge in [-0.3, -0.25) is 0 Å². The predicted octanol–water partition coefficient (Wildman–Crippen LogP) is 5.08. The summed E-state index contributed by atoms with van der Waals surface area (Å²) in [5, 5.41) is 2.64. The summed E-state index contributed by atoms with van der Waals surface area (Å²) in [6.07, 6.45) is 0.279. The molecule has 3 aromatic carbocycles.